The first kappa shape index (κ1) is 32.6. The van der Waals surface area contributed by atoms with Crippen molar-refractivity contribution in [3.63, 3.8) is 0 Å². The van der Waals surface area contributed by atoms with Gasteiger partial charge < -0.3 is 9.84 Å². The minimum atomic E-state index is -0.666. The summed E-state index contributed by atoms with van der Waals surface area (Å²) in [5.74, 6) is -0.831. The van der Waals surface area contributed by atoms with Crippen LogP contribution in [0.2, 0.25) is 0 Å². The molecule has 0 unspecified atom stereocenters. The molecule has 1 N–H and O–H groups in total. The van der Waals surface area contributed by atoms with E-state index in [0.717, 1.165) is 19.3 Å². The Labute approximate surface area is 198 Å². The second kappa shape index (κ2) is 29.4. The van der Waals surface area contributed by atoms with E-state index >= 15 is 0 Å². The van der Waals surface area contributed by atoms with Crippen molar-refractivity contribution in [2.45, 2.75) is 136 Å². The van der Waals surface area contributed by atoms with Gasteiger partial charge in [-0.25, -0.2) is 0 Å². The highest BCUT2D eigenvalue weighted by atomic mass is 16.5. The Hall–Kier alpha value is -1.58. The predicted octanol–water partition coefficient (Wildman–Crippen LogP) is 8.79. The zero-order valence-corrected chi connectivity index (χ0v) is 21.4. The van der Waals surface area contributed by atoms with Crippen LogP contribution in [0.1, 0.15) is 136 Å². The molecule has 188 valence electrons. The van der Waals surface area contributed by atoms with Crippen LogP contribution in [0.4, 0.5) is 0 Å². The van der Waals surface area contributed by atoms with Crippen molar-refractivity contribution in [2.75, 3.05) is 6.61 Å². The number of aliphatic carboxylic acids is 1. The molecule has 0 aliphatic rings. The molecule has 4 nitrogen and oxygen atoms in total. The van der Waals surface area contributed by atoms with E-state index in [-0.39, 0.29) is 5.97 Å². The van der Waals surface area contributed by atoms with Crippen molar-refractivity contribution in [1.29, 1.82) is 0 Å². The lowest BCUT2D eigenvalue weighted by atomic mass is 10.1. The first-order chi connectivity index (χ1) is 15.5. The molecular weight excluding hydrogens is 400 g/mol. The first-order valence-corrected chi connectivity index (χ1v) is 13.2. The highest BCUT2D eigenvalue weighted by molar-refractivity contribution is 5.66. The molecule has 0 saturated carbocycles. The summed E-state index contributed by atoms with van der Waals surface area (Å²) in [6.45, 7) is 6.45. The van der Waals surface area contributed by atoms with Gasteiger partial charge in [0, 0.05) is 13.3 Å². The maximum absolute atomic E-state index is 10.5. The highest BCUT2D eigenvalue weighted by Gasteiger charge is 1.96. The molecule has 0 aromatic rings. The molecule has 0 aliphatic heterocycles. The van der Waals surface area contributed by atoms with Crippen LogP contribution in [-0.4, -0.2) is 23.7 Å². The molecule has 0 spiro atoms. The van der Waals surface area contributed by atoms with Gasteiger partial charge >= 0.3 is 11.9 Å². The van der Waals surface area contributed by atoms with E-state index in [2.05, 4.69) is 38.2 Å². The van der Waals surface area contributed by atoms with Crippen molar-refractivity contribution in [2.24, 2.45) is 0 Å². The van der Waals surface area contributed by atoms with Crippen molar-refractivity contribution < 1.29 is 19.4 Å². The van der Waals surface area contributed by atoms with Crippen LogP contribution in [0.25, 0.3) is 0 Å². The smallest absolute Gasteiger partial charge is 0.303 e. The molecule has 0 amide bonds. The summed E-state index contributed by atoms with van der Waals surface area (Å²) in [5, 5.41) is 8.45. The van der Waals surface area contributed by atoms with Crippen LogP contribution in [-0.2, 0) is 14.3 Å². The molecule has 0 aromatic carbocycles. The fourth-order valence-corrected chi connectivity index (χ4v) is 3.16. The van der Waals surface area contributed by atoms with Crippen molar-refractivity contribution in [3.05, 3.63) is 24.3 Å². The van der Waals surface area contributed by atoms with E-state index in [0.29, 0.717) is 13.0 Å². The van der Waals surface area contributed by atoms with E-state index in [1.807, 2.05) is 0 Å². The monoisotopic (exact) mass is 452 g/mol. The largest absolute Gasteiger partial charge is 0.481 e. The van der Waals surface area contributed by atoms with Crippen LogP contribution in [0.5, 0.6) is 0 Å². The summed E-state index contributed by atoms with van der Waals surface area (Å²) >= 11 is 0. The minimum absolute atomic E-state index is 0.166. The number of carbonyl (C=O) groups is 2. The Morgan fingerprint density at radius 3 is 1.47 bits per heavy atom. The number of carbonyl (C=O) groups excluding carboxylic acids is 1. The maximum atomic E-state index is 10.5. The first-order valence-electron chi connectivity index (χ1n) is 13.2. The quantitative estimate of drug-likeness (QED) is 0.107. The number of unbranched alkanes of at least 4 members (excludes halogenated alkanes) is 13. The summed E-state index contributed by atoms with van der Waals surface area (Å²) in [7, 11) is 0. The van der Waals surface area contributed by atoms with Gasteiger partial charge in [0.05, 0.1) is 6.61 Å². The minimum Gasteiger partial charge on any atom is -0.481 e. The van der Waals surface area contributed by atoms with Crippen molar-refractivity contribution >= 4 is 11.9 Å². The number of carboxylic acids is 1. The molecule has 0 aromatic heterocycles. The lowest BCUT2D eigenvalue weighted by Gasteiger charge is -2.01. The number of ether oxygens (including phenoxy) is 1. The molecule has 0 aliphatic carbocycles. The zero-order chi connectivity index (χ0) is 24.1. The second-order valence-corrected chi connectivity index (χ2v) is 8.47. The molecule has 0 heterocycles. The number of hydrogen-bond donors (Lipinski definition) is 1. The third-order valence-corrected chi connectivity index (χ3v) is 5.08. The Balaban J connectivity index is 0. The summed E-state index contributed by atoms with van der Waals surface area (Å²) in [4.78, 5) is 20.7. The van der Waals surface area contributed by atoms with Gasteiger partial charge in [0.2, 0.25) is 0 Å². The normalized spacial score (nSPS) is 11.0. The third kappa shape index (κ3) is 35.8. The van der Waals surface area contributed by atoms with Crippen LogP contribution >= 0.6 is 0 Å². The molecule has 32 heavy (non-hydrogen) atoms. The van der Waals surface area contributed by atoms with Gasteiger partial charge in [0.1, 0.15) is 0 Å². The van der Waals surface area contributed by atoms with Crippen molar-refractivity contribution in [3.8, 4) is 0 Å². The third-order valence-electron chi connectivity index (χ3n) is 5.08. The summed E-state index contributed by atoms with van der Waals surface area (Å²) in [6, 6.07) is 0. The van der Waals surface area contributed by atoms with E-state index in [4.69, 9.17) is 9.84 Å². The lowest BCUT2D eigenvalue weighted by Crippen LogP contribution is -1.99. The SMILES string of the molecule is CCC/C=C/CCCCCCCCC(=O)O.CCC/C=C\CCCCCCCOC(C)=O. The standard InChI is InChI=1S/2C14H26O2/c1-3-4-5-6-7-8-9-10-11-12-13-16-14(2)15;1-2-3-4-5-6-7-8-9-10-11-12-13-14(15)16/h5-6H,3-4,7-13H2,1-2H3;4-5H,2-3,6-13H2,1H3,(H,15,16)/b6-5-;5-4+. The average molecular weight is 453 g/mol. The van der Waals surface area contributed by atoms with Gasteiger partial charge in [-0.15, -0.1) is 0 Å². The lowest BCUT2D eigenvalue weighted by molar-refractivity contribution is -0.141. The molecule has 0 rings (SSSR count). The number of carboxylic acid groups (broad SMARTS) is 1. The number of allylic oxidation sites excluding steroid dienone is 4. The fraction of sp³-hybridized carbons (Fsp3) is 0.786. The van der Waals surface area contributed by atoms with E-state index in [1.54, 1.807) is 0 Å². The number of rotatable bonds is 21. The average Bonchev–Trinajstić information content (AvgIpc) is 2.76. The molecule has 0 fully saturated rings. The summed E-state index contributed by atoms with van der Waals surface area (Å²) < 4.78 is 4.86. The number of hydrogen-bond acceptors (Lipinski definition) is 3. The zero-order valence-electron chi connectivity index (χ0n) is 21.4. The van der Waals surface area contributed by atoms with E-state index < -0.39 is 5.97 Å². The van der Waals surface area contributed by atoms with Crippen LogP contribution < -0.4 is 0 Å². The molecule has 4 heteroatoms. The topological polar surface area (TPSA) is 63.6 Å². The fourth-order valence-electron chi connectivity index (χ4n) is 3.16. The van der Waals surface area contributed by atoms with Gasteiger partial charge in [-0.2, -0.15) is 0 Å². The van der Waals surface area contributed by atoms with E-state index in [1.165, 1.54) is 96.8 Å². The summed E-state index contributed by atoms with van der Waals surface area (Å²) in [6.07, 6.45) is 29.7. The predicted molar refractivity (Wildman–Crippen MR) is 137 cm³/mol. The summed E-state index contributed by atoms with van der Waals surface area (Å²) in [5.41, 5.74) is 0. The highest BCUT2D eigenvalue weighted by Crippen LogP contribution is 2.09. The second-order valence-electron chi connectivity index (χ2n) is 8.47. The molecule has 0 bridgehead atoms. The van der Waals surface area contributed by atoms with Crippen LogP contribution in [0.3, 0.4) is 0 Å². The molecule has 0 atom stereocenters. The van der Waals surface area contributed by atoms with Gasteiger partial charge in [0.15, 0.2) is 0 Å². The molecule has 0 saturated heterocycles. The Morgan fingerprint density at radius 1 is 0.625 bits per heavy atom. The van der Waals surface area contributed by atoms with Gasteiger partial charge in [-0.1, -0.05) is 95.9 Å². The van der Waals surface area contributed by atoms with Gasteiger partial charge in [0.25, 0.3) is 0 Å². The number of esters is 1. The maximum Gasteiger partial charge on any atom is 0.303 e. The van der Waals surface area contributed by atoms with Gasteiger partial charge in [-0.05, 0) is 51.4 Å². The Kier molecular flexibility index (Phi) is 30.0. The van der Waals surface area contributed by atoms with Gasteiger partial charge in [-0.3, -0.25) is 9.59 Å². The Morgan fingerprint density at radius 2 is 1.03 bits per heavy atom. The van der Waals surface area contributed by atoms with Crippen molar-refractivity contribution in [1.82, 2.24) is 0 Å². The molecular formula is C28H52O4. The molecule has 0 radical (unpaired) electrons. The van der Waals surface area contributed by atoms with Crippen LogP contribution in [0, 0.1) is 0 Å². The van der Waals surface area contributed by atoms with Crippen LogP contribution in [0.15, 0.2) is 24.3 Å². The Bertz CT molecular complexity index is 412. The van der Waals surface area contributed by atoms with E-state index in [9.17, 15) is 9.59 Å².